The Hall–Kier alpha value is -1.60. The number of benzene rings is 2. The number of rotatable bonds is 4. The van der Waals surface area contributed by atoms with Crippen molar-refractivity contribution in [3.05, 3.63) is 59.2 Å². The normalized spacial score (nSPS) is 15.7. The van der Waals surface area contributed by atoms with Crippen molar-refractivity contribution < 1.29 is 0 Å². The minimum absolute atomic E-state index is 0.399. The standard InChI is InChI=1S/C20H25N/c1-13(2)14(3)21-15(4)16-9-10-20-18(11-16)12-17-7-5-6-8-19(17)20/h5-11,13-15,21H,12H2,1-4H3. The van der Waals surface area contributed by atoms with Gasteiger partial charge in [0.2, 0.25) is 0 Å². The monoisotopic (exact) mass is 279 g/mol. The molecule has 0 heterocycles. The van der Waals surface area contributed by atoms with Gasteiger partial charge in [-0.2, -0.15) is 0 Å². The summed E-state index contributed by atoms with van der Waals surface area (Å²) in [5, 5.41) is 3.71. The summed E-state index contributed by atoms with van der Waals surface area (Å²) in [4.78, 5) is 0. The largest absolute Gasteiger partial charge is 0.307 e. The Kier molecular flexibility index (Phi) is 3.86. The van der Waals surface area contributed by atoms with Gasteiger partial charge in [0.05, 0.1) is 0 Å². The van der Waals surface area contributed by atoms with E-state index >= 15 is 0 Å². The van der Waals surface area contributed by atoms with Gasteiger partial charge in [-0.05, 0) is 54.0 Å². The second kappa shape index (κ2) is 5.65. The van der Waals surface area contributed by atoms with Crippen molar-refractivity contribution in [2.24, 2.45) is 5.92 Å². The molecule has 1 heteroatoms. The molecule has 0 aromatic heterocycles. The summed E-state index contributed by atoms with van der Waals surface area (Å²) in [5.74, 6) is 0.658. The third kappa shape index (κ3) is 2.75. The van der Waals surface area contributed by atoms with Crippen LogP contribution in [0.4, 0.5) is 0 Å². The topological polar surface area (TPSA) is 12.0 Å². The molecule has 2 unspecified atom stereocenters. The fraction of sp³-hybridized carbons (Fsp3) is 0.400. The molecule has 0 radical (unpaired) electrons. The maximum Gasteiger partial charge on any atom is 0.0294 e. The summed E-state index contributed by atoms with van der Waals surface area (Å²) in [5.41, 5.74) is 7.16. The Morgan fingerprint density at radius 3 is 2.33 bits per heavy atom. The van der Waals surface area contributed by atoms with Crippen LogP contribution in [-0.2, 0) is 6.42 Å². The summed E-state index contributed by atoms with van der Waals surface area (Å²) in [6.45, 7) is 9.07. The van der Waals surface area contributed by atoms with E-state index in [1.54, 1.807) is 0 Å². The summed E-state index contributed by atoms with van der Waals surface area (Å²) in [6, 6.07) is 16.7. The lowest BCUT2D eigenvalue weighted by Crippen LogP contribution is -2.33. The Morgan fingerprint density at radius 1 is 0.857 bits per heavy atom. The van der Waals surface area contributed by atoms with E-state index in [1.165, 1.54) is 27.8 Å². The zero-order valence-electron chi connectivity index (χ0n) is 13.5. The minimum atomic E-state index is 0.399. The lowest BCUT2D eigenvalue weighted by molar-refractivity contribution is 0.389. The van der Waals surface area contributed by atoms with Gasteiger partial charge in [0.15, 0.2) is 0 Å². The molecule has 2 atom stereocenters. The zero-order valence-corrected chi connectivity index (χ0v) is 13.5. The van der Waals surface area contributed by atoms with Gasteiger partial charge in [-0.1, -0.05) is 56.3 Å². The lowest BCUT2D eigenvalue weighted by Gasteiger charge is -2.23. The van der Waals surface area contributed by atoms with E-state index in [4.69, 9.17) is 0 Å². The fourth-order valence-electron chi connectivity index (χ4n) is 3.12. The van der Waals surface area contributed by atoms with Gasteiger partial charge < -0.3 is 5.32 Å². The van der Waals surface area contributed by atoms with Crippen LogP contribution in [0, 0.1) is 5.92 Å². The number of hydrogen-bond acceptors (Lipinski definition) is 1. The predicted octanol–water partition coefficient (Wildman–Crippen LogP) is 4.95. The highest BCUT2D eigenvalue weighted by molar-refractivity contribution is 5.76. The molecule has 0 saturated carbocycles. The Bertz CT molecular complexity index is 642. The number of fused-ring (bicyclic) bond motifs is 3. The van der Waals surface area contributed by atoms with E-state index in [9.17, 15) is 0 Å². The second-order valence-corrected chi connectivity index (χ2v) is 6.67. The van der Waals surface area contributed by atoms with Crippen LogP contribution < -0.4 is 5.32 Å². The molecule has 2 aromatic carbocycles. The molecule has 0 aliphatic heterocycles. The molecule has 1 aliphatic carbocycles. The smallest absolute Gasteiger partial charge is 0.0294 e. The highest BCUT2D eigenvalue weighted by Gasteiger charge is 2.19. The van der Waals surface area contributed by atoms with Crippen molar-refractivity contribution in [2.75, 3.05) is 0 Å². The maximum atomic E-state index is 3.71. The maximum absolute atomic E-state index is 3.71. The highest BCUT2D eigenvalue weighted by atomic mass is 14.9. The van der Waals surface area contributed by atoms with Crippen LogP contribution in [0.2, 0.25) is 0 Å². The van der Waals surface area contributed by atoms with Crippen molar-refractivity contribution in [1.82, 2.24) is 5.32 Å². The van der Waals surface area contributed by atoms with Crippen LogP contribution in [0.5, 0.6) is 0 Å². The van der Waals surface area contributed by atoms with E-state index in [2.05, 4.69) is 75.5 Å². The fourth-order valence-corrected chi connectivity index (χ4v) is 3.12. The van der Waals surface area contributed by atoms with E-state index in [1.807, 2.05) is 0 Å². The second-order valence-electron chi connectivity index (χ2n) is 6.67. The van der Waals surface area contributed by atoms with Crippen LogP contribution in [0.1, 0.15) is 50.4 Å². The van der Waals surface area contributed by atoms with Crippen molar-refractivity contribution in [1.29, 1.82) is 0 Å². The van der Waals surface area contributed by atoms with Gasteiger partial charge in [-0.25, -0.2) is 0 Å². The average Bonchev–Trinajstić information content (AvgIpc) is 2.84. The molecule has 0 saturated heterocycles. The van der Waals surface area contributed by atoms with Crippen molar-refractivity contribution >= 4 is 0 Å². The molecule has 1 nitrogen and oxygen atoms in total. The van der Waals surface area contributed by atoms with E-state index in [0.29, 0.717) is 18.0 Å². The van der Waals surface area contributed by atoms with Gasteiger partial charge in [0, 0.05) is 12.1 Å². The first-order valence-corrected chi connectivity index (χ1v) is 8.03. The molecule has 1 N–H and O–H groups in total. The lowest BCUT2D eigenvalue weighted by atomic mass is 9.98. The molecule has 0 amide bonds. The van der Waals surface area contributed by atoms with Crippen molar-refractivity contribution in [2.45, 2.75) is 46.2 Å². The van der Waals surface area contributed by atoms with E-state index in [-0.39, 0.29) is 0 Å². The first-order chi connectivity index (χ1) is 10.1. The highest BCUT2D eigenvalue weighted by Crippen LogP contribution is 2.37. The summed E-state index contributed by atoms with van der Waals surface area (Å²) >= 11 is 0. The van der Waals surface area contributed by atoms with Gasteiger partial charge in [0.1, 0.15) is 0 Å². The zero-order chi connectivity index (χ0) is 15.0. The SMILES string of the molecule is CC(NC(C)C(C)C)c1ccc2c(c1)Cc1ccccc1-2. The minimum Gasteiger partial charge on any atom is -0.307 e. The average molecular weight is 279 g/mol. The molecule has 110 valence electrons. The Morgan fingerprint density at radius 2 is 1.57 bits per heavy atom. The van der Waals surface area contributed by atoms with Crippen molar-refractivity contribution in [3.63, 3.8) is 0 Å². The third-order valence-corrected chi connectivity index (χ3v) is 4.83. The van der Waals surface area contributed by atoms with Crippen LogP contribution in [0.15, 0.2) is 42.5 Å². The molecular weight excluding hydrogens is 254 g/mol. The van der Waals surface area contributed by atoms with E-state index in [0.717, 1.165) is 6.42 Å². The molecule has 0 fully saturated rings. The van der Waals surface area contributed by atoms with Gasteiger partial charge in [-0.15, -0.1) is 0 Å². The molecule has 2 aromatic rings. The van der Waals surface area contributed by atoms with Gasteiger partial charge in [-0.3, -0.25) is 0 Å². The van der Waals surface area contributed by atoms with Crippen LogP contribution in [0.25, 0.3) is 11.1 Å². The summed E-state index contributed by atoms with van der Waals surface area (Å²) in [6.07, 6.45) is 1.08. The third-order valence-electron chi connectivity index (χ3n) is 4.83. The van der Waals surface area contributed by atoms with Crippen LogP contribution in [0.3, 0.4) is 0 Å². The summed E-state index contributed by atoms with van der Waals surface area (Å²) < 4.78 is 0. The van der Waals surface area contributed by atoms with Gasteiger partial charge >= 0.3 is 0 Å². The van der Waals surface area contributed by atoms with Gasteiger partial charge in [0.25, 0.3) is 0 Å². The predicted molar refractivity (Wildman–Crippen MR) is 90.5 cm³/mol. The van der Waals surface area contributed by atoms with E-state index < -0.39 is 0 Å². The molecular formula is C20H25N. The first-order valence-electron chi connectivity index (χ1n) is 8.03. The number of nitrogens with one attached hydrogen (secondary N) is 1. The quantitative estimate of drug-likeness (QED) is 0.712. The van der Waals surface area contributed by atoms with Crippen LogP contribution >= 0.6 is 0 Å². The summed E-state index contributed by atoms with van der Waals surface area (Å²) in [7, 11) is 0. The van der Waals surface area contributed by atoms with Crippen molar-refractivity contribution in [3.8, 4) is 11.1 Å². The first kappa shape index (κ1) is 14.3. The molecule has 3 rings (SSSR count). The Balaban J connectivity index is 1.84. The molecule has 0 spiro atoms. The number of hydrogen-bond donors (Lipinski definition) is 1. The van der Waals surface area contributed by atoms with Crippen LogP contribution in [-0.4, -0.2) is 6.04 Å². The molecule has 0 bridgehead atoms. The Labute approximate surface area is 128 Å². The molecule has 21 heavy (non-hydrogen) atoms. The molecule has 1 aliphatic rings.